The van der Waals surface area contributed by atoms with E-state index in [4.69, 9.17) is 4.74 Å². The molecule has 0 saturated carbocycles. The molecule has 1 aliphatic heterocycles. The van der Waals surface area contributed by atoms with E-state index in [0.717, 1.165) is 24.8 Å². The number of ether oxygens (including phenoxy) is 1. The second-order valence-corrected chi connectivity index (χ2v) is 5.76. The Labute approximate surface area is 107 Å². The smallest absolute Gasteiger partial charge is 0.342 e. The Kier molecular flexibility index (Phi) is 2.49. The second-order valence-electron chi connectivity index (χ2n) is 5.76. The molecule has 0 unspecified atom stereocenters. The fourth-order valence-electron chi connectivity index (χ4n) is 3.51. The lowest BCUT2D eigenvalue weighted by Gasteiger charge is -2.42. The maximum absolute atomic E-state index is 11.7. The summed E-state index contributed by atoms with van der Waals surface area (Å²) in [4.78, 5) is 11.7. The Bertz CT molecular complexity index is 510. The van der Waals surface area contributed by atoms with Crippen molar-refractivity contribution in [2.45, 2.75) is 33.1 Å². The Morgan fingerprint density at radius 1 is 1.56 bits per heavy atom. The van der Waals surface area contributed by atoms with Crippen LogP contribution in [0, 0.1) is 11.3 Å². The molecule has 3 aliphatic rings. The molecule has 0 saturated heterocycles. The van der Waals surface area contributed by atoms with Crippen molar-refractivity contribution < 1.29 is 14.6 Å². The largest absolute Gasteiger partial charge is 0.423 e. The molecule has 0 radical (unpaired) electrons. The molecule has 0 aromatic heterocycles. The zero-order valence-corrected chi connectivity index (χ0v) is 10.8. The van der Waals surface area contributed by atoms with Gasteiger partial charge < -0.3 is 9.84 Å². The molecule has 2 atom stereocenters. The van der Waals surface area contributed by atoms with Gasteiger partial charge in [0.25, 0.3) is 0 Å². The van der Waals surface area contributed by atoms with Gasteiger partial charge in [-0.3, -0.25) is 0 Å². The number of fused-ring (bicyclic) bond motifs is 2. The third kappa shape index (κ3) is 1.50. The van der Waals surface area contributed by atoms with Crippen molar-refractivity contribution in [1.82, 2.24) is 0 Å². The summed E-state index contributed by atoms with van der Waals surface area (Å²) in [6.07, 6.45) is 7.39. The molecule has 2 aliphatic carbocycles. The van der Waals surface area contributed by atoms with Gasteiger partial charge in [-0.2, -0.15) is 0 Å². The highest BCUT2D eigenvalue weighted by Crippen LogP contribution is 2.52. The van der Waals surface area contributed by atoms with Gasteiger partial charge in [0.2, 0.25) is 0 Å². The molecule has 0 amide bonds. The molecule has 0 aromatic rings. The van der Waals surface area contributed by atoms with E-state index in [-0.39, 0.29) is 18.0 Å². The molecule has 3 rings (SSSR count). The number of carbonyl (C=O) groups excluding carboxylic acids is 1. The van der Waals surface area contributed by atoms with Crippen LogP contribution in [0.5, 0.6) is 0 Å². The van der Waals surface area contributed by atoms with Crippen molar-refractivity contribution >= 4 is 5.97 Å². The molecule has 3 nitrogen and oxygen atoms in total. The molecular formula is C15H18O3. The van der Waals surface area contributed by atoms with Gasteiger partial charge in [-0.1, -0.05) is 18.6 Å². The number of rotatable bonds is 1. The van der Waals surface area contributed by atoms with Crippen LogP contribution in [0.4, 0.5) is 0 Å². The number of hydrogen-bond donors (Lipinski definition) is 1. The van der Waals surface area contributed by atoms with E-state index < -0.39 is 0 Å². The summed E-state index contributed by atoms with van der Waals surface area (Å²) < 4.78 is 5.29. The second kappa shape index (κ2) is 3.82. The minimum Gasteiger partial charge on any atom is -0.423 e. The van der Waals surface area contributed by atoms with Gasteiger partial charge in [0, 0.05) is 5.57 Å². The molecule has 3 heteroatoms. The summed E-state index contributed by atoms with van der Waals surface area (Å²) in [5, 5.41) is 9.30. The van der Waals surface area contributed by atoms with Gasteiger partial charge in [-0.05, 0) is 43.6 Å². The molecule has 1 heterocycles. The monoisotopic (exact) mass is 246 g/mol. The van der Waals surface area contributed by atoms with Crippen LogP contribution in [0.25, 0.3) is 0 Å². The molecule has 96 valence electrons. The van der Waals surface area contributed by atoms with Crippen molar-refractivity contribution in [1.29, 1.82) is 0 Å². The van der Waals surface area contributed by atoms with E-state index in [9.17, 15) is 9.90 Å². The Balaban J connectivity index is 2.10. The summed E-state index contributed by atoms with van der Waals surface area (Å²) in [5.41, 5.74) is 2.84. The average molecular weight is 246 g/mol. The van der Waals surface area contributed by atoms with E-state index in [0.29, 0.717) is 17.3 Å². The lowest BCUT2D eigenvalue weighted by Crippen LogP contribution is -2.33. The Hall–Kier alpha value is -1.35. The zero-order chi connectivity index (χ0) is 12.9. The van der Waals surface area contributed by atoms with Crippen molar-refractivity contribution in [3.63, 3.8) is 0 Å². The van der Waals surface area contributed by atoms with Crippen LogP contribution in [0.15, 0.2) is 34.6 Å². The first-order valence-corrected chi connectivity index (χ1v) is 6.50. The lowest BCUT2D eigenvalue weighted by molar-refractivity contribution is -0.133. The first-order valence-electron chi connectivity index (χ1n) is 6.50. The average Bonchev–Trinajstić information content (AvgIpc) is 2.60. The lowest BCUT2D eigenvalue weighted by atomic mass is 9.62. The number of hydrogen-bond acceptors (Lipinski definition) is 3. The fraction of sp³-hybridized carbons (Fsp3) is 0.533. The fourth-order valence-corrected chi connectivity index (χ4v) is 3.51. The standard InChI is InChI=1S/C15H18O3/c1-9-4-3-5-15(2)7-13-10(6-12(9)15)11(8-16)14(17)18-13/h4,7,12,16H,3,5-6,8H2,1-2H3/t12-,15+/m1/s1. The number of carbonyl (C=O) groups is 1. The van der Waals surface area contributed by atoms with E-state index in [1.165, 1.54) is 5.57 Å². The zero-order valence-electron chi connectivity index (χ0n) is 10.8. The van der Waals surface area contributed by atoms with E-state index in [1.807, 2.05) is 0 Å². The quantitative estimate of drug-likeness (QED) is 0.571. The summed E-state index contributed by atoms with van der Waals surface area (Å²) >= 11 is 0. The van der Waals surface area contributed by atoms with Crippen LogP contribution in [-0.4, -0.2) is 17.7 Å². The maximum atomic E-state index is 11.7. The Morgan fingerprint density at radius 2 is 2.33 bits per heavy atom. The predicted molar refractivity (Wildman–Crippen MR) is 67.5 cm³/mol. The third-order valence-electron chi connectivity index (χ3n) is 4.63. The summed E-state index contributed by atoms with van der Waals surface area (Å²) in [7, 11) is 0. The molecule has 1 N–H and O–H groups in total. The van der Waals surface area contributed by atoms with Crippen molar-refractivity contribution in [3.05, 3.63) is 34.6 Å². The Morgan fingerprint density at radius 3 is 3.06 bits per heavy atom. The van der Waals surface area contributed by atoms with Gasteiger partial charge in [0.05, 0.1) is 12.2 Å². The number of allylic oxidation sites excluding steroid dienone is 4. The highest BCUT2D eigenvalue weighted by molar-refractivity contribution is 5.95. The van der Waals surface area contributed by atoms with E-state index >= 15 is 0 Å². The molecule has 18 heavy (non-hydrogen) atoms. The van der Waals surface area contributed by atoms with Gasteiger partial charge in [-0.15, -0.1) is 0 Å². The molecular weight excluding hydrogens is 228 g/mol. The van der Waals surface area contributed by atoms with Crippen LogP contribution in [0.2, 0.25) is 0 Å². The minimum atomic E-state index is -0.373. The number of aliphatic hydroxyl groups is 1. The summed E-state index contributed by atoms with van der Waals surface area (Å²) in [6, 6.07) is 0. The maximum Gasteiger partial charge on any atom is 0.342 e. The van der Waals surface area contributed by atoms with Crippen LogP contribution >= 0.6 is 0 Å². The molecule has 0 spiro atoms. The van der Waals surface area contributed by atoms with E-state index in [1.54, 1.807) is 0 Å². The third-order valence-corrected chi connectivity index (χ3v) is 4.63. The minimum absolute atomic E-state index is 0.0862. The predicted octanol–water partition coefficient (Wildman–Crippen LogP) is 2.48. The number of aliphatic hydroxyl groups excluding tert-OH is 1. The van der Waals surface area contributed by atoms with Crippen LogP contribution in [-0.2, 0) is 9.53 Å². The highest BCUT2D eigenvalue weighted by atomic mass is 16.5. The number of esters is 1. The summed E-state index contributed by atoms with van der Waals surface area (Å²) in [5.74, 6) is 0.751. The summed E-state index contributed by atoms with van der Waals surface area (Å²) in [6.45, 7) is 4.18. The van der Waals surface area contributed by atoms with Crippen molar-refractivity contribution in [2.24, 2.45) is 11.3 Å². The van der Waals surface area contributed by atoms with Gasteiger partial charge in [0.1, 0.15) is 5.76 Å². The first kappa shape index (κ1) is 11.7. The van der Waals surface area contributed by atoms with Crippen molar-refractivity contribution in [2.75, 3.05) is 6.61 Å². The van der Waals surface area contributed by atoms with Gasteiger partial charge in [0.15, 0.2) is 0 Å². The molecule has 0 fully saturated rings. The molecule has 0 bridgehead atoms. The van der Waals surface area contributed by atoms with Crippen LogP contribution < -0.4 is 0 Å². The topological polar surface area (TPSA) is 46.5 Å². The normalized spacial score (nSPS) is 34.6. The van der Waals surface area contributed by atoms with Gasteiger partial charge in [-0.25, -0.2) is 4.79 Å². The van der Waals surface area contributed by atoms with Crippen LogP contribution in [0.1, 0.15) is 33.1 Å². The van der Waals surface area contributed by atoms with E-state index in [2.05, 4.69) is 26.0 Å². The van der Waals surface area contributed by atoms with Crippen molar-refractivity contribution in [3.8, 4) is 0 Å². The van der Waals surface area contributed by atoms with Gasteiger partial charge >= 0.3 is 5.97 Å². The first-order chi connectivity index (χ1) is 8.55. The molecule has 0 aromatic carbocycles. The highest BCUT2D eigenvalue weighted by Gasteiger charge is 2.44. The van der Waals surface area contributed by atoms with Crippen LogP contribution in [0.3, 0.4) is 0 Å². The SMILES string of the molecule is CC1=CCC[C@@]2(C)C=C3OC(=O)C(CO)=C3C[C@H]12.